The first-order valence-electron chi connectivity index (χ1n) is 15.1. The van der Waals surface area contributed by atoms with Crippen molar-refractivity contribution >= 4 is 23.2 Å². The van der Waals surface area contributed by atoms with Crippen LogP contribution in [0.3, 0.4) is 0 Å². The van der Waals surface area contributed by atoms with Crippen LogP contribution >= 0.6 is 23.2 Å². The van der Waals surface area contributed by atoms with Crippen LogP contribution in [0.2, 0.25) is 10.0 Å². The van der Waals surface area contributed by atoms with Crippen molar-refractivity contribution in [3.05, 3.63) is 81.8 Å². The molecule has 4 heterocycles. The number of halogens is 2. The first kappa shape index (κ1) is 29.9. The zero-order valence-corrected chi connectivity index (χ0v) is 26.6. The van der Waals surface area contributed by atoms with Crippen molar-refractivity contribution in [1.82, 2.24) is 19.8 Å². The summed E-state index contributed by atoms with van der Waals surface area (Å²) in [4.78, 5) is 14.7. The molecule has 43 heavy (non-hydrogen) atoms. The van der Waals surface area contributed by atoms with Crippen molar-refractivity contribution in [3.63, 3.8) is 0 Å². The monoisotopic (exact) mass is 616 g/mol. The van der Waals surface area contributed by atoms with Crippen molar-refractivity contribution in [3.8, 4) is 45.4 Å². The van der Waals surface area contributed by atoms with Gasteiger partial charge in [0.2, 0.25) is 11.8 Å². The Bertz CT molecular complexity index is 1610. The number of likely N-dealkylation sites (tertiary alicyclic amines) is 2. The van der Waals surface area contributed by atoms with E-state index in [1.807, 2.05) is 48.5 Å². The molecule has 0 saturated carbocycles. The highest BCUT2D eigenvalue weighted by Crippen LogP contribution is 2.42. The van der Waals surface area contributed by atoms with Crippen LogP contribution in [0.5, 0.6) is 11.8 Å². The van der Waals surface area contributed by atoms with Crippen molar-refractivity contribution in [1.29, 1.82) is 0 Å². The Labute approximate surface area is 264 Å². The summed E-state index contributed by atoms with van der Waals surface area (Å²) in [6.07, 6.45) is 4.95. The van der Waals surface area contributed by atoms with Crippen LogP contribution in [0.1, 0.15) is 43.7 Å². The highest BCUT2D eigenvalue weighted by Gasteiger charge is 2.23. The summed E-state index contributed by atoms with van der Waals surface area (Å²) < 4.78 is 11.4. The lowest BCUT2D eigenvalue weighted by molar-refractivity contribution is 0.254. The van der Waals surface area contributed by atoms with E-state index in [0.29, 0.717) is 27.8 Å². The molecular formula is C35H38Cl2N4O2. The minimum absolute atomic E-state index is 0.570. The van der Waals surface area contributed by atoms with E-state index in [9.17, 15) is 0 Å². The molecule has 2 aromatic carbocycles. The van der Waals surface area contributed by atoms with E-state index < -0.39 is 0 Å². The molecule has 0 unspecified atom stereocenters. The second-order valence-corrected chi connectivity index (χ2v) is 12.3. The van der Waals surface area contributed by atoms with Gasteiger partial charge in [-0.2, -0.15) is 0 Å². The smallest absolute Gasteiger partial charge is 0.218 e. The van der Waals surface area contributed by atoms with Crippen molar-refractivity contribution in [2.45, 2.75) is 51.7 Å². The lowest BCUT2D eigenvalue weighted by atomic mass is 9.98. The Morgan fingerprint density at radius 2 is 1.19 bits per heavy atom. The quantitative estimate of drug-likeness (QED) is 0.188. The van der Waals surface area contributed by atoms with E-state index in [1.165, 1.54) is 25.7 Å². The average Bonchev–Trinajstić information content (AvgIpc) is 3.69. The molecule has 0 spiro atoms. The predicted molar refractivity (Wildman–Crippen MR) is 175 cm³/mol. The molecule has 8 heteroatoms. The molecule has 6 nitrogen and oxygen atoms in total. The molecule has 2 saturated heterocycles. The van der Waals surface area contributed by atoms with E-state index in [0.717, 1.165) is 77.5 Å². The van der Waals surface area contributed by atoms with Crippen LogP contribution < -0.4 is 9.47 Å². The molecule has 0 aliphatic carbocycles. The third-order valence-electron chi connectivity index (χ3n) is 8.76. The second-order valence-electron chi connectivity index (χ2n) is 11.5. The van der Waals surface area contributed by atoms with Crippen molar-refractivity contribution in [2.75, 3.05) is 33.9 Å². The predicted octanol–water partition coefficient (Wildman–Crippen LogP) is 8.38. The Hall–Kier alpha value is -3.16. The number of nitrogens with zero attached hydrogens (tertiary/aromatic N) is 4. The summed E-state index contributed by atoms with van der Waals surface area (Å²) in [5.74, 6) is 1.26. The Balaban J connectivity index is 1.31. The summed E-state index contributed by atoms with van der Waals surface area (Å²) in [6.45, 7) is 7.27. The first-order valence-corrected chi connectivity index (χ1v) is 15.8. The topological polar surface area (TPSA) is 50.7 Å². The molecule has 4 aromatic rings. The van der Waals surface area contributed by atoms with Crippen LogP contribution in [0, 0.1) is 0 Å². The number of pyridine rings is 2. The minimum atomic E-state index is 0.570. The van der Waals surface area contributed by atoms with Gasteiger partial charge in [-0.15, -0.1) is 0 Å². The Morgan fingerprint density at radius 3 is 1.67 bits per heavy atom. The number of methoxy groups -OCH3 is 2. The molecule has 6 rings (SSSR count). The average molecular weight is 618 g/mol. The second kappa shape index (κ2) is 13.2. The molecule has 0 amide bonds. The number of hydrogen-bond acceptors (Lipinski definition) is 6. The maximum atomic E-state index is 7.10. The van der Waals surface area contributed by atoms with Crippen LogP contribution in [0.15, 0.2) is 60.7 Å². The molecule has 2 aliphatic rings. The van der Waals surface area contributed by atoms with Crippen molar-refractivity contribution in [2.24, 2.45) is 0 Å². The van der Waals surface area contributed by atoms with Gasteiger partial charge in [0.05, 0.1) is 35.7 Å². The van der Waals surface area contributed by atoms with E-state index in [4.69, 9.17) is 42.6 Å². The first-order chi connectivity index (χ1) is 21.0. The third kappa shape index (κ3) is 6.25. The zero-order valence-electron chi connectivity index (χ0n) is 25.1. The van der Waals surface area contributed by atoms with Gasteiger partial charge in [-0.3, -0.25) is 9.80 Å². The van der Waals surface area contributed by atoms with E-state index in [2.05, 4.69) is 28.9 Å². The van der Waals surface area contributed by atoms with Crippen LogP contribution in [0.25, 0.3) is 33.6 Å². The van der Waals surface area contributed by atoms with Crippen LogP contribution in [-0.2, 0) is 13.1 Å². The fourth-order valence-electron chi connectivity index (χ4n) is 6.34. The highest BCUT2D eigenvalue weighted by atomic mass is 35.5. The standard InChI is InChI=1S/C35H38Cl2N4O2/c1-23-9-8-20-41(23)22-25-15-17-31(39-35(25)43-3)29-13-7-11-27(33(29)37)26-10-6-12-28(32(26)36)30-16-14-24(34(38-30)42-2)21-40-18-4-5-19-40/h6-7,10-17,23H,4-5,8-9,18-22H2,1-3H3/t23-/m1/s1. The number of aromatic nitrogens is 2. The van der Waals surface area contributed by atoms with Gasteiger partial charge in [-0.25, -0.2) is 9.97 Å². The molecule has 0 bridgehead atoms. The lowest BCUT2D eigenvalue weighted by Crippen LogP contribution is -2.26. The van der Waals surface area contributed by atoms with Gasteiger partial charge in [0.25, 0.3) is 0 Å². The fraction of sp³-hybridized carbons (Fsp3) is 0.371. The number of hydrogen-bond donors (Lipinski definition) is 0. The number of benzene rings is 2. The van der Waals surface area contributed by atoms with Crippen LogP contribution in [-0.4, -0.2) is 59.7 Å². The van der Waals surface area contributed by atoms with E-state index in [1.54, 1.807) is 14.2 Å². The van der Waals surface area contributed by atoms with Gasteiger partial charge in [0.15, 0.2) is 0 Å². The minimum Gasteiger partial charge on any atom is -0.481 e. The van der Waals surface area contributed by atoms with E-state index >= 15 is 0 Å². The Kier molecular flexibility index (Phi) is 9.20. The highest BCUT2D eigenvalue weighted by molar-refractivity contribution is 6.39. The van der Waals surface area contributed by atoms with Gasteiger partial charge < -0.3 is 9.47 Å². The molecule has 224 valence electrons. The van der Waals surface area contributed by atoms with Gasteiger partial charge in [0, 0.05) is 52.5 Å². The SMILES string of the molecule is COc1nc(-c2cccc(-c3cccc(-c4ccc(CN5CCC[C@H]5C)c(OC)n4)c3Cl)c2Cl)ccc1CN1CCCC1. The summed E-state index contributed by atoms with van der Waals surface area (Å²) in [7, 11) is 3.35. The van der Waals surface area contributed by atoms with Gasteiger partial charge in [-0.05, 0) is 64.4 Å². The normalized spacial score (nSPS) is 17.5. The molecule has 0 N–H and O–H groups in total. The molecule has 2 fully saturated rings. The molecule has 0 radical (unpaired) electrons. The molecule has 2 aromatic heterocycles. The fourth-order valence-corrected chi connectivity index (χ4v) is 6.99. The van der Waals surface area contributed by atoms with Gasteiger partial charge in [0.1, 0.15) is 0 Å². The summed E-state index contributed by atoms with van der Waals surface area (Å²) in [6, 6.07) is 20.8. The number of rotatable bonds is 9. The summed E-state index contributed by atoms with van der Waals surface area (Å²) >= 11 is 14.2. The molecule has 1 atom stereocenters. The molecule has 2 aliphatic heterocycles. The zero-order chi connectivity index (χ0) is 29.9. The van der Waals surface area contributed by atoms with Crippen LogP contribution in [0.4, 0.5) is 0 Å². The van der Waals surface area contributed by atoms with E-state index in [-0.39, 0.29) is 0 Å². The molecular weight excluding hydrogens is 579 g/mol. The van der Waals surface area contributed by atoms with Gasteiger partial charge >= 0.3 is 0 Å². The summed E-state index contributed by atoms with van der Waals surface area (Å²) in [5.41, 5.74) is 7.00. The van der Waals surface area contributed by atoms with Gasteiger partial charge in [-0.1, -0.05) is 71.7 Å². The summed E-state index contributed by atoms with van der Waals surface area (Å²) in [5, 5.41) is 1.17. The Morgan fingerprint density at radius 1 is 0.674 bits per heavy atom. The number of ether oxygens (including phenoxy) is 2. The lowest BCUT2D eigenvalue weighted by Gasteiger charge is -2.22. The third-order valence-corrected chi connectivity index (χ3v) is 9.58. The largest absolute Gasteiger partial charge is 0.481 e. The maximum Gasteiger partial charge on any atom is 0.218 e. The maximum absolute atomic E-state index is 7.10. The van der Waals surface area contributed by atoms with Crippen molar-refractivity contribution < 1.29 is 9.47 Å².